The van der Waals surface area contributed by atoms with Gasteiger partial charge in [0.2, 0.25) is 0 Å². The molecule has 0 amide bonds. The molecule has 1 unspecified atom stereocenters. The molecule has 3 rings (SSSR count). The van der Waals surface area contributed by atoms with Gasteiger partial charge in [-0.25, -0.2) is 4.98 Å². The first-order chi connectivity index (χ1) is 8.81. The first-order valence-electron chi connectivity index (χ1n) is 6.66. The molecule has 1 aliphatic heterocycles. The van der Waals surface area contributed by atoms with Crippen molar-refractivity contribution in [2.45, 2.75) is 38.8 Å². The van der Waals surface area contributed by atoms with Crippen LogP contribution >= 0.6 is 0 Å². The average molecular weight is 241 g/mol. The van der Waals surface area contributed by atoms with Crippen LogP contribution in [0.3, 0.4) is 0 Å². The lowest BCUT2D eigenvalue weighted by Crippen LogP contribution is -2.19. The summed E-state index contributed by atoms with van der Waals surface area (Å²) in [7, 11) is 0. The van der Waals surface area contributed by atoms with E-state index in [0.717, 1.165) is 12.1 Å². The van der Waals surface area contributed by atoms with Gasteiger partial charge in [0.1, 0.15) is 5.82 Å². The van der Waals surface area contributed by atoms with Crippen LogP contribution in [-0.2, 0) is 13.0 Å². The number of hydrogen-bond acceptors (Lipinski definition) is 2. The number of benzene rings is 1. The van der Waals surface area contributed by atoms with Gasteiger partial charge in [-0.2, -0.15) is 0 Å². The molecule has 94 valence electrons. The molecule has 0 fully saturated rings. The first-order valence-corrected chi connectivity index (χ1v) is 6.66. The van der Waals surface area contributed by atoms with E-state index < -0.39 is 0 Å². The molecule has 3 heteroatoms. The van der Waals surface area contributed by atoms with E-state index in [1.807, 2.05) is 6.07 Å². The molecule has 3 nitrogen and oxygen atoms in total. The summed E-state index contributed by atoms with van der Waals surface area (Å²) in [5, 5.41) is 0. The number of fused-ring (bicyclic) bond motifs is 1. The fourth-order valence-electron chi connectivity index (χ4n) is 2.92. The molecule has 2 heterocycles. The zero-order chi connectivity index (χ0) is 12.5. The smallest absolute Gasteiger partial charge is 0.109 e. The Hall–Kier alpha value is -1.61. The van der Waals surface area contributed by atoms with Crippen molar-refractivity contribution in [1.29, 1.82) is 0 Å². The molecule has 0 aliphatic carbocycles. The minimum absolute atomic E-state index is 0.525. The van der Waals surface area contributed by atoms with Crippen LogP contribution in [0.5, 0.6) is 0 Å². The maximum atomic E-state index is 5.96. The van der Waals surface area contributed by atoms with Crippen molar-refractivity contribution < 1.29 is 0 Å². The number of rotatable bonds is 2. The highest BCUT2D eigenvalue weighted by Crippen LogP contribution is 2.32. The molecule has 1 aromatic heterocycles. The monoisotopic (exact) mass is 241 g/mol. The van der Waals surface area contributed by atoms with Crippen LogP contribution in [0, 0.1) is 0 Å². The molecule has 0 spiro atoms. The predicted molar refractivity (Wildman–Crippen MR) is 73.2 cm³/mol. The fraction of sp³-hybridized carbons (Fsp3) is 0.400. The van der Waals surface area contributed by atoms with Crippen LogP contribution in [0.15, 0.2) is 30.3 Å². The number of imidazole rings is 1. The van der Waals surface area contributed by atoms with E-state index in [4.69, 9.17) is 10.7 Å². The minimum Gasteiger partial charge on any atom is -0.327 e. The highest BCUT2D eigenvalue weighted by molar-refractivity contribution is 5.62. The van der Waals surface area contributed by atoms with E-state index in [1.165, 1.54) is 29.9 Å². The molecule has 1 aromatic carbocycles. The summed E-state index contributed by atoms with van der Waals surface area (Å²) in [5.74, 6) is 1.20. The number of aromatic nitrogens is 2. The summed E-state index contributed by atoms with van der Waals surface area (Å²) in [6, 6.07) is 10.9. The number of nitrogens with two attached hydrogens (primary N) is 1. The number of nitrogens with zero attached hydrogens (tertiary/aromatic N) is 2. The Morgan fingerprint density at radius 1 is 1.33 bits per heavy atom. The molecular formula is C15H19N3. The summed E-state index contributed by atoms with van der Waals surface area (Å²) in [6.07, 6.45) is 3.53. The molecule has 0 saturated heterocycles. The molecule has 1 aliphatic rings. The quantitative estimate of drug-likeness (QED) is 0.878. The van der Waals surface area contributed by atoms with Crippen molar-refractivity contribution in [2.75, 3.05) is 0 Å². The largest absolute Gasteiger partial charge is 0.327 e. The second kappa shape index (κ2) is 4.58. The number of aryl methyl sites for hydroxylation is 1. The van der Waals surface area contributed by atoms with E-state index in [2.05, 4.69) is 35.8 Å². The summed E-state index contributed by atoms with van der Waals surface area (Å²) in [4.78, 5) is 4.83. The van der Waals surface area contributed by atoms with Gasteiger partial charge < -0.3 is 10.3 Å². The summed E-state index contributed by atoms with van der Waals surface area (Å²) >= 11 is 0. The second-order valence-corrected chi connectivity index (χ2v) is 5.00. The average Bonchev–Trinajstić information content (AvgIpc) is 2.79. The fourth-order valence-corrected chi connectivity index (χ4v) is 2.92. The summed E-state index contributed by atoms with van der Waals surface area (Å²) < 4.78 is 2.35. The van der Waals surface area contributed by atoms with E-state index in [-0.39, 0.29) is 0 Å². The van der Waals surface area contributed by atoms with Gasteiger partial charge in [-0.1, -0.05) is 30.3 Å². The lowest BCUT2D eigenvalue weighted by atomic mass is 10.1. The van der Waals surface area contributed by atoms with Gasteiger partial charge in [-0.15, -0.1) is 0 Å². The van der Waals surface area contributed by atoms with Gasteiger partial charge in [0.25, 0.3) is 0 Å². The van der Waals surface area contributed by atoms with E-state index >= 15 is 0 Å². The SMILES string of the molecule is CC1CCCc2nc(-c3ccccc3)c(CN)n21. The molecule has 2 N–H and O–H groups in total. The van der Waals surface area contributed by atoms with E-state index in [1.54, 1.807) is 0 Å². The van der Waals surface area contributed by atoms with Gasteiger partial charge in [-0.3, -0.25) is 0 Å². The van der Waals surface area contributed by atoms with E-state index in [9.17, 15) is 0 Å². The lowest BCUT2D eigenvalue weighted by Gasteiger charge is -2.23. The number of hydrogen-bond donors (Lipinski definition) is 1. The van der Waals surface area contributed by atoms with Crippen LogP contribution in [0.25, 0.3) is 11.3 Å². The Morgan fingerprint density at radius 3 is 2.83 bits per heavy atom. The Labute approximate surface area is 108 Å². The predicted octanol–water partition coefficient (Wildman–Crippen LogP) is 2.91. The highest BCUT2D eigenvalue weighted by Gasteiger charge is 2.23. The zero-order valence-electron chi connectivity index (χ0n) is 10.8. The Kier molecular flexibility index (Phi) is 2.92. The van der Waals surface area contributed by atoms with Crippen LogP contribution in [0.2, 0.25) is 0 Å². The zero-order valence-corrected chi connectivity index (χ0v) is 10.8. The molecule has 2 aromatic rings. The van der Waals surface area contributed by atoms with Crippen molar-refractivity contribution in [3.63, 3.8) is 0 Å². The van der Waals surface area contributed by atoms with Gasteiger partial charge >= 0.3 is 0 Å². The van der Waals surface area contributed by atoms with Crippen LogP contribution < -0.4 is 5.73 Å². The molecule has 0 saturated carbocycles. The summed E-state index contributed by atoms with van der Waals surface area (Å²) in [6.45, 7) is 2.82. The Balaban J connectivity index is 2.16. The molecule has 0 bridgehead atoms. The van der Waals surface area contributed by atoms with E-state index in [0.29, 0.717) is 12.6 Å². The third-order valence-corrected chi connectivity index (χ3v) is 3.79. The van der Waals surface area contributed by atoms with Crippen molar-refractivity contribution >= 4 is 0 Å². The van der Waals surface area contributed by atoms with Gasteiger partial charge in [-0.05, 0) is 19.8 Å². The topological polar surface area (TPSA) is 43.8 Å². The van der Waals surface area contributed by atoms with Gasteiger partial charge in [0.15, 0.2) is 0 Å². The Bertz CT molecular complexity index is 542. The van der Waals surface area contributed by atoms with Crippen molar-refractivity contribution in [3.05, 3.63) is 41.9 Å². The van der Waals surface area contributed by atoms with Gasteiger partial charge in [0.05, 0.1) is 11.4 Å². The normalized spacial score (nSPS) is 18.7. The molecule has 1 atom stereocenters. The maximum Gasteiger partial charge on any atom is 0.109 e. The van der Waals surface area contributed by atoms with Gasteiger partial charge in [0, 0.05) is 24.6 Å². The van der Waals surface area contributed by atoms with Crippen molar-refractivity contribution in [3.8, 4) is 11.3 Å². The maximum absolute atomic E-state index is 5.96. The molecule has 18 heavy (non-hydrogen) atoms. The lowest BCUT2D eigenvalue weighted by molar-refractivity contribution is 0.415. The highest BCUT2D eigenvalue weighted by atomic mass is 15.1. The molecule has 0 radical (unpaired) electrons. The third kappa shape index (κ3) is 1.75. The standard InChI is InChI=1S/C15H19N3/c1-11-6-5-9-14-17-15(13(10-16)18(11)14)12-7-3-2-4-8-12/h2-4,7-8,11H,5-6,9-10,16H2,1H3. The molecular weight excluding hydrogens is 222 g/mol. The minimum atomic E-state index is 0.525. The van der Waals surface area contributed by atoms with Crippen molar-refractivity contribution in [2.24, 2.45) is 5.73 Å². The first kappa shape index (κ1) is 11.5. The van der Waals surface area contributed by atoms with Crippen LogP contribution in [0.4, 0.5) is 0 Å². The third-order valence-electron chi connectivity index (χ3n) is 3.79. The summed E-state index contributed by atoms with van der Waals surface area (Å²) in [5.41, 5.74) is 9.39. The Morgan fingerprint density at radius 2 is 2.11 bits per heavy atom. The van der Waals surface area contributed by atoms with Crippen LogP contribution in [-0.4, -0.2) is 9.55 Å². The van der Waals surface area contributed by atoms with Crippen LogP contribution in [0.1, 0.15) is 37.3 Å². The van der Waals surface area contributed by atoms with Crippen molar-refractivity contribution in [1.82, 2.24) is 9.55 Å². The second-order valence-electron chi connectivity index (χ2n) is 5.00.